The van der Waals surface area contributed by atoms with Crippen LogP contribution in [0, 0.1) is 13.8 Å². The number of pyridine rings is 2. The predicted molar refractivity (Wildman–Crippen MR) is 82.3 cm³/mol. The van der Waals surface area contributed by atoms with Crippen LogP contribution in [-0.2, 0) is 0 Å². The summed E-state index contributed by atoms with van der Waals surface area (Å²) < 4.78 is 5.35. The van der Waals surface area contributed by atoms with Crippen LogP contribution >= 0.6 is 0 Å². The van der Waals surface area contributed by atoms with Gasteiger partial charge in [-0.2, -0.15) is 5.10 Å². The topological polar surface area (TPSA) is 73.7 Å². The largest absolute Gasteiger partial charge is 0.497 e. The van der Waals surface area contributed by atoms with E-state index in [-0.39, 0.29) is 0 Å². The molecule has 3 aromatic heterocycles. The smallest absolute Gasteiger partial charge is 0.200 e. The maximum absolute atomic E-state index is 5.35. The molecule has 0 amide bonds. The van der Waals surface area contributed by atoms with Gasteiger partial charge in [-0.05, 0) is 26.0 Å². The van der Waals surface area contributed by atoms with Crippen molar-refractivity contribution in [1.82, 2.24) is 25.1 Å². The second-order valence-electron chi connectivity index (χ2n) is 4.80. The Labute approximate surface area is 128 Å². The van der Waals surface area contributed by atoms with Crippen LogP contribution < -0.4 is 4.74 Å². The Morgan fingerprint density at radius 1 is 0.864 bits per heavy atom. The third kappa shape index (κ3) is 2.76. The van der Waals surface area contributed by atoms with E-state index >= 15 is 0 Å². The molecule has 0 radical (unpaired) electrons. The van der Waals surface area contributed by atoms with Crippen LogP contribution in [0.15, 0.2) is 36.5 Å². The molecular weight excluding hydrogens is 278 g/mol. The molecule has 0 atom stereocenters. The van der Waals surface area contributed by atoms with Crippen LogP contribution in [0.4, 0.5) is 0 Å². The molecule has 6 nitrogen and oxygen atoms in total. The molecule has 6 heteroatoms. The average molecular weight is 293 g/mol. The Kier molecular flexibility index (Phi) is 3.74. The van der Waals surface area contributed by atoms with Gasteiger partial charge < -0.3 is 4.74 Å². The molecule has 0 bridgehead atoms. The maximum atomic E-state index is 5.35. The highest BCUT2D eigenvalue weighted by molar-refractivity contribution is 5.62. The Morgan fingerprint density at radius 3 is 2.36 bits per heavy atom. The molecular formula is C16H15N5O. The van der Waals surface area contributed by atoms with Gasteiger partial charge in [0.2, 0.25) is 5.82 Å². The SMILES string of the molecule is COc1cc(-c2ccccn2)nc(-c2nnc(C)c(C)n2)c1. The lowest BCUT2D eigenvalue weighted by Crippen LogP contribution is -2.01. The van der Waals surface area contributed by atoms with E-state index in [1.165, 1.54) is 0 Å². The van der Waals surface area contributed by atoms with E-state index in [0.29, 0.717) is 23.0 Å². The van der Waals surface area contributed by atoms with E-state index in [0.717, 1.165) is 17.1 Å². The van der Waals surface area contributed by atoms with E-state index in [1.807, 2.05) is 38.1 Å². The van der Waals surface area contributed by atoms with Crippen molar-refractivity contribution in [1.29, 1.82) is 0 Å². The fraction of sp³-hybridized carbons (Fsp3) is 0.188. The maximum Gasteiger partial charge on any atom is 0.200 e. The standard InChI is InChI=1S/C16H15N5O/c1-10-11(2)20-21-16(18-10)15-9-12(22-3)8-14(19-15)13-6-4-5-7-17-13/h4-9H,1-3H3. The third-order valence-electron chi connectivity index (χ3n) is 3.28. The summed E-state index contributed by atoms with van der Waals surface area (Å²) in [5.41, 5.74) is 3.71. The lowest BCUT2D eigenvalue weighted by atomic mass is 10.2. The molecule has 0 unspecified atom stereocenters. The minimum absolute atomic E-state index is 0.471. The molecule has 0 fully saturated rings. The van der Waals surface area contributed by atoms with Crippen molar-refractivity contribution in [2.75, 3.05) is 7.11 Å². The first kappa shape index (κ1) is 14.1. The molecule has 0 saturated carbocycles. The van der Waals surface area contributed by atoms with Crippen molar-refractivity contribution in [3.63, 3.8) is 0 Å². The first-order chi connectivity index (χ1) is 10.7. The summed E-state index contributed by atoms with van der Waals surface area (Å²) in [6, 6.07) is 9.29. The van der Waals surface area contributed by atoms with Crippen LogP contribution in [-0.4, -0.2) is 32.3 Å². The number of aromatic nitrogens is 5. The van der Waals surface area contributed by atoms with Crippen LogP contribution in [0.1, 0.15) is 11.4 Å². The highest BCUT2D eigenvalue weighted by Gasteiger charge is 2.11. The highest BCUT2D eigenvalue weighted by atomic mass is 16.5. The molecule has 0 saturated heterocycles. The van der Waals surface area contributed by atoms with Crippen LogP contribution in [0.2, 0.25) is 0 Å². The summed E-state index contributed by atoms with van der Waals surface area (Å²) in [4.78, 5) is 13.3. The second kappa shape index (κ2) is 5.85. The van der Waals surface area contributed by atoms with Crippen LogP contribution in [0.25, 0.3) is 22.9 Å². The van der Waals surface area contributed by atoms with E-state index in [9.17, 15) is 0 Å². The summed E-state index contributed by atoms with van der Waals surface area (Å²) in [6.45, 7) is 3.77. The van der Waals surface area contributed by atoms with Crippen molar-refractivity contribution in [3.8, 4) is 28.7 Å². The Balaban J connectivity index is 2.13. The van der Waals surface area contributed by atoms with E-state index in [2.05, 4.69) is 25.1 Å². The zero-order valence-corrected chi connectivity index (χ0v) is 12.6. The third-order valence-corrected chi connectivity index (χ3v) is 3.28. The van der Waals surface area contributed by atoms with Gasteiger partial charge >= 0.3 is 0 Å². The summed E-state index contributed by atoms with van der Waals surface area (Å²) in [5.74, 6) is 1.15. The van der Waals surface area contributed by atoms with Gasteiger partial charge in [0.1, 0.15) is 11.4 Å². The molecule has 3 aromatic rings. The molecule has 0 N–H and O–H groups in total. The highest BCUT2D eigenvalue weighted by Crippen LogP contribution is 2.25. The molecule has 110 valence electrons. The van der Waals surface area contributed by atoms with E-state index < -0.39 is 0 Å². The predicted octanol–water partition coefficient (Wildman–Crippen LogP) is 2.62. The number of hydrogen-bond donors (Lipinski definition) is 0. The first-order valence-electron chi connectivity index (χ1n) is 6.83. The van der Waals surface area contributed by atoms with Crippen LogP contribution in [0.5, 0.6) is 5.75 Å². The Hall–Kier alpha value is -2.89. The zero-order valence-electron chi connectivity index (χ0n) is 12.6. The number of hydrogen-bond acceptors (Lipinski definition) is 6. The Bertz CT molecular complexity index is 805. The Morgan fingerprint density at radius 2 is 1.68 bits per heavy atom. The van der Waals surface area contributed by atoms with Crippen molar-refractivity contribution in [2.45, 2.75) is 13.8 Å². The summed E-state index contributed by atoms with van der Waals surface area (Å²) in [6.07, 6.45) is 1.73. The van der Waals surface area contributed by atoms with E-state index in [1.54, 1.807) is 19.4 Å². The number of rotatable bonds is 3. The van der Waals surface area contributed by atoms with Crippen molar-refractivity contribution in [2.24, 2.45) is 0 Å². The van der Waals surface area contributed by atoms with Gasteiger partial charge in [-0.25, -0.2) is 9.97 Å². The zero-order chi connectivity index (χ0) is 15.5. The quantitative estimate of drug-likeness (QED) is 0.739. The molecule has 3 rings (SSSR count). The van der Waals surface area contributed by atoms with Crippen molar-refractivity contribution >= 4 is 0 Å². The lowest BCUT2D eigenvalue weighted by molar-refractivity contribution is 0.414. The number of ether oxygens (including phenoxy) is 1. The van der Waals surface area contributed by atoms with Gasteiger partial charge in [0.05, 0.1) is 29.9 Å². The average Bonchev–Trinajstić information content (AvgIpc) is 2.57. The fourth-order valence-electron chi connectivity index (χ4n) is 1.95. The van der Waals surface area contributed by atoms with Gasteiger partial charge in [0.25, 0.3) is 0 Å². The minimum atomic E-state index is 0.471. The van der Waals surface area contributed by atoms with Crippen LogP contribution in [0.3, 0.4) is 0 Å². The molecule has 0 aliphatic rings. The first-order valence-corrected chi connectivity index (χ1v) is 6.83. The van der Waals surface area contributed by atoms with Gasteiger partial charge in [-0.15, -0.1) is 5.10 Å². The molecule has 0 aromatic carbocycles. The van der Waals surface area contributed by atoms with Gasteiger partial charge in [0, 0.05) is 18.3 Å². The summed E-state index contributed by atoms with van der Waals surface area (Å²) >= 11 is 0. The molecule has 0 spiro atoms. The van der Waals surface area contributed by atoms with E-state index in [4.69, 9.17) is 4.74 Å². The normalized spacial score (nSPS) is 10.5. The minimum Gasteiger partial charge on any atom is -0.497 e. The molecule has 0 aliphatic heterocycles. The van der Waals surface area contributed by atoms with Gasteiger partial charge in [0.15, 0.2) is 0 Å². The van der Waals surface area contributed by atoms with Crippen molar-refractivity contribution in [3.05, 3.63) is 47.9 Å². The number of aryl methyl sites for hydroxylation is 2. The van der Waals surface area contributed by atoms with Gasteiger partial charge in [-0.1, -0.05) is 6.07 Å². The van der Waals surface area contributed by atoms with Crippen molar-refractivity contribution < 1.29 is 4.74 Å². The molecule has 0 aliphatic carbocycles. The number of nitrogens with zero attached hydrogens (tertiary/aromatic N) is 5. The summed E-state index contributed by atoms with van der Waals surface area (Å²) in [7, 11) is 1.61. The lowest BCUT2D eigenvalue weighted by Gasteiger charge is -2.08. The molecule has 3 heterocycles. The number of methoxy groups -OCH3 is 1. The van der Waals surface area contributed by atoms with Gasteiger partial charge in [-0.3, -0.25) is 4.98 Å². The monoisotopic (exact) mass is 293 g/mol. The fourth-order valence-corrected chi connectivity index (χ4v) is 1.95. The summed E-state index contributed by atoms with van der Waals surface area (Å²) in [5, 5.41) is 8.22. The molecule has 22 heavy (non-hydrogen) atoms. The second-order valence-corrected chi connectivity index (χ2v) is 4.80.